The molecule has 2 atom stereocenters. The smallest absolute Gasteiger partial charge is 0.281 e. The molecule has 3 saturated heterocycles. The lowest BCUT2D eigenvalue weighted by Crippen LogP contribution is -2.51. The number of para-hydroxylation sites is 1. The van der Waals surface area contributed by atoms with Gasteiger partial charge in [-0.2, -0.15) is 17.0 Å². The van der Waals surface area contributed by atoms with E-state index in [1.807, 2.05) is 47.2 Å². The lowest BCUT2D eigenvalue weighted by Gasteiger charge is -2.37. The van der Waals surface area contributed by atoms with Gasteiger partial charge >= 0.3 is 0 Å². The lowest BCUT2D eigenvalue weighted by molar-refractivity contribution is -0.133. The van der Waals surface area contributed by atoms with Crippen LogP contribution in [0.25, 0.3) is 0 Å². The zero-order valence-corrected chi connectivity index (χ0v) is 16.5. The van der Waals surface area contributed by atoms with Gasteiger partial charge in [0.15, 0.2) is 0 Å². The molecular formula is C18H28N4O3S. The molecule has 1 amide bonds. The number of likely N-dealkylation sites (N-methyl/N-ethyl adjacent to an activating group) is 1. The fourth-order valence-electron chi connectivity index (χ4n) is 3.83. The van der Waals surface area contributed by atoms with Gasteiger partial charge in [0, 0.05) is 52.5 Å². The maximum atomic E-state index is 12.9. The van der Waals surface area contributed by atoms with Crippen LogP contribution in [0.5, 0.6) is 0 Å². The van der Waals surface area contributed by atoms with E-state index in [0.717, 1.165) is 18.5 Å². The number of benzene rings is 1. The average Bonchev–Trinajstić information content (AvgIpc) is 2.95. The first-order valence-electron chi connectivity index (χ1n) is 9.02. The molecule has 3 fully saturated rings. The molecule has 144 valence electrons. The van der Waals surface area contributed by atoms with Gasteiger partial charge in [0.2, 0.25) is 5.91 Å². The molecule has 3 aliphatic rings. The number of anilines is 1. The third-order valence-electron chi connectivity index (χ3n) is 5.36. The molecule has 26 heavy (non-hydrogen) atoms. The van der Waals surface area contributed by atoms with Crippen molar-refractivity contribution in [1.82, 2.24) is 13.5 Å². The van der Waals surface area contributed by atoms with E-state index in [1.165, 1.54) is 4.31 Å². The Balaban J connectivity index is 1.71. The van der Waals surface area contributed by atoms with E-state index in [1.54, 1.807) is 18.4 Å². The second-order valence-electron chi connectivity index (χ2n) is 7.44. The van der Waals surface area contributed by atoms with Crippen LogP contribution >= 0.6 is 0 Å². The third-order valence-corrected chi connectivity index (χ3v) is 7.23. The van der Waals surface area contributed by atoms with Gasteiger partial charge in [-0.15, -0.1) is 0 Å². The summed E-state index contributed by atoms with van der Waals surface area (Å²) in [6.45, 7) is 1.83. The molecule has 0 N–H and O–H groups in total. The molecule has 0 saturated carbocycles. The standard InChI is InChI=1S/C18H28N4O3S/c1-19(2)26(24,25)21-11-15-9-10-17(13-21)22(12-15)18(23)14-20(3)16-7-5-4-6-8-16/h4-8,15,17H,9-14H2,1-3H3/t15-,17+/m0/s1. The highest BCUT2D eigenvalue weighted by Crippen LogP contribution is 2.30. The van der Waals surface area contributed by atoms with E-state index in [0.29, 0.717) is 26.2 Å². The second-order valence-corrected chi connectivity index (χ2v) is 9.58. The Bertz CT molecular complexity index is 738. The molecule has 0 aromatic heterocycles. The summed E-state index contributed by atoms with van der Waals surface area (Å²) in [6, 6.07) is 9.77. The molecular weight excluding hydrogens is 352 g/mol. The Morgan fingerprint density at radius 3 is 2.42 bits per heavy atom. The van der Waals surface area contributed by atoms with Crippen LogP contribution in [0, 0.1) is 5.92 Å². The normalized spacial score (nSPS) is 23.9. The summed E-state index contributed by atoms with van der Waals surface area (Å²) < 4.78 is 27.9. The molecule has 8 heteroatoms. The van der Waals surface area contributed by atoms with Crippen LogP contribution in [0.4, 0.5) is 5.69 Å². The molecule has 2 bridgehead atoms. The highest BCUT2D eigenvalue weighted by atomic mass is 32.2. The monoisotopic (exact) mass is 380 g/mol. The van der Waals surface area contributed by atoms with Gasteiger partial charge < -0.3 is 9.80 Å². The predicted molar refractivity (Wildman–Crippen MR) is 102 cm³/mol. The number of carbonyl (C=O) groups is 1. The van der Waals surface area contributed by atoms with Crippen LogP contribution in [0.1, 0.15) is 12.8 Å². The van der Waals surface area contributed by atoms with Gasteiger partial charge in [-0.05, 0) is 30.9 Å². The van der Waals surface area contributed by atoms with Crippen LogP contribution in [-0.2, 0) is 15.0 Å². The topological polar surface area (TPSA) is 64.2 Å². The zero-order valence-electron chi connectivity index (χ0n) is 15.7. The maximum absolute atomic E-state index is 12.9. The predicted octanol–water partition coefficient (Wildman–Crippen LogP) is 0.852. The van der Waals surface area contributed by atoms with Gasteiger partial charge in [-0.25, -0.2) is 0 Å². The first kappa shape index (κ1) is 19.1. The molecule has 1 aromatic rings. The van der Waals surface area contributed by atoms with Crippen molar-refractivity contribution in [2.75, 3.05) is 52.2 Å². The Morgan fingerprint density at radius 2 is 1.77 bits per heavy atom. The Hall–Kier alpha value is -1.64. The third kappa shape index (κ3) is 3.87. The number of hydrogen-bond acceptors (Lipinski definition) is 4. The van der Waals surface area contributed by atoms with Gasteiger partial charge in [0.25, 0.3) is 10.2 Å². The van der Waals surface area contributed by atoms with Crippen LogP contribution in [0.15, 0.2) is 30.3 Å². The first-order valence-corrected chi connectivity index (χ1v) is 10.4. The van der Waals surface area contributed by atoms with Crippen LogP contribution < -0.4 is 4.90 Å². The van der Waals surface area contributed by atoms with E-state index in [9.17, 15) is 13.2 Å². The molecule has 4 rings (SSSR count). The van der Waals surface area contributed by atoms with Gasteiger partial charge in [0.1, 0.15) is 0 Å². The second kappa shape index (κ2) is 7.54. The number of fused-ring (bicyclic) bond motifs is 4. The Labute approximate surface area is 156 Å². The van der Waals surface area contributed by atoms with Crippen molar-refractivity contribution in [2.45, 2.75) is 18.9 Å². The van der Waals surface area contributed by atoms with Crippen molar-refractivity contribution in [1.29, 1.82) is 0 Å². The van der Waals surface area contributed by atoms with E-state index in [2.05, 4.69) is 0 Å². The number of piperidine rings is 1. The van der Waals surface area contributed by atoms with Gasteiger partial charge in [-0.1, -0.05) is 18.2 Å². The summed E-state index contributed by atoms with van der Waals surface area (Å²) in [6.07, 6.45) is 1.84. The molecule has 0 aliphatic carbocycles. The van der Waals surface area contributed by atoms with Crippen molar-refractivity contribution in [3.63, 3.8) is 0 Å². The maximum Gasteiger partial charge on any atom is 0.281 e. The van der Waals surface area contributed by atoms with Gasteiger partial charge in [-0.3, -0.25) is 4.79 Å². The summed E-state index contributed by atoms with van der Waals surface area (Å²) in [4.78, 5) is 16.8. The largest absolute Gasteiger partial charge is 0.365 e. The fourth-order valence-corrected chi connectivity index (χ4v) is 5.05. The van der Waals surface area contributed by atoms with Crippen molar-refractivity contribution < 1.29 is 13.2 Å². The Morgan fingerprint density at radius 1 is 1.08 bits per heavy atom. The first-order chi connectivity index (χ1) is 12.3. The van der Waals surface area contributed by atoms with Crippen LogP contribution in [-0.4, -0.2) is 81.2 Å². The summed E-state index contributed by atoms with van der Waals surface area (Å²) in [5.74, 6) is 0.268. The number of nitrogens with zero attached hydrogens (tertiary/aromatic N) is 4. The van der Waals surface area contributed by atoms with Gasteiger partial charge in [0.05, 0.1) is 6.54 Å². The van der Waals surface area contributed by atoms with Crippen LogP contribution in [0.2, 0.25) is 0 Å². The number of amides is 1. The number of rotatable bonds is 5. The Kier molecular flexibility index (Phi) is 5.55. The minimum Gasteiger partial charge on any atom is -0.365 e. The summed E-state index contributed by atoms with van der Waals surface area (Å²) >= 11 is 0. The molecule has 7 nitrogen and oxygen atoms in total. The summed E-state index contributed by atoms with van der Waals surface area (Å²) in [5.41, 5.74) is 0.998. The molecule has 3 aliphatic heterocycles. The minimum absolute atomic E-state index is 0.0415. The SMILES string of the molecule is CN(CC(=O)N1C[C@H]2CC[C@@H]1CN(S(=O)(=O)N(C)C)C2)c1ccccc1. The van der Waals surface area contributed by atoms with E-state index in [-0.39, 0.29) is 17.9 Å². The van der Waals surface area contributed by atoms with Crippen LogP contribution in [0.3, 0.4) is 0 Å². The highest BCUT2D eigenvalue weighted by molar-refractivity contribution is 7.86. The summed E-state index contributed by atoms with van der Waals surface area (Å²) in [5, 5.41) is 0. The van der Waals surface area contributed by atoms with E-state index < -0.39 is 10.2 Å². The number of hydrogen-bond donors (Lipinski definition) is 0. The van der Waals surface area contributed by atoms with Crippen molar-refractivity contribution in [3.05, 3.63) is 30.3 Å². The molecule has 0 radical (unpaired) electrons. The van der Waals surface area contributed by atoms with Crippen molar-refractivity contribution >= 4 is 21.8 Å². The fraction of sp³-hybridized carbons (Fsp3) is 0.611. The molecule has 0 unspecified atom stereocenters. The van der Waals surface area contributed by atoms with Crippen molar-refractivity contribution in [3.8, 4) is 0 Å². The molecule has 0 spiro atoms. The molecule has 1 aromatic carbocycles. The summed E-state index contributed by atoms with van der Waals surface area (Å²) in [7, 11) is 1.57. The minimum atomic E-state index is -3.45. The van der Waals surface area contributed by atoms with E-state index >= 15 is 0 Å². The highest BCUT2D eigenvalue weighted by Gasteiger charge is 2.41. The van der Waals surface area contributed by atoms with E-state index in [4.69, 9.17) is 0 Å². The van der Waals surface area contributed by atoms with Crippen molar-refractivity contribution in [2.24, 2.45) is 5.92 Å². The number of carbonyl (C=O) groups excluding carboxylic acids is 1. The molecule has 3 heterocycles. The quantitative estimate of drug-likeness (QED) is 0.760. The average molecular weight is 381 g/mol. The zero-order chi connectivity index (χ0) is 18.9. The lowest BCUT2D eigenvalue weighted by atomic mass is 9.95.